The standard InChI is InChI=1S/C11H12BrFO3/c1-2-16-11(15)9(13)10(14)7-3-5-8(12)6-4-7/h3-6,9-10,14H,2H2,1H3. The molecular formula is C11H12BrFO3. The summed E-state index contributed by atoms with van der Waals surface area (Å²) >= 11 is 3.22. The molecule has 1 N–H and O–H groups in total. The number of aliphatic hydroxyl groups excluding tert-OH is 1. The van der Waals surface area contributed by atoms with E-state index in [-0.39, 0.29) is 6.61 Å². The largest absolute Gasteiger partial charge is 0.464 e. The average molecular weight is 291 g/mol. The van der Waals surface area contributed by atoms with E-state index < -0.39 is 18.2 Å². The number of hydrogen-bond acceptors (Lipinski definition) is 3. The maximum atomic E-state index is 13.4. The summed E-state index contributed by atoms with van der Waals surface area (Å²) in [5.74, 6) is -1.04. The van der Waals surface area contributed by atoms with Crippen molar-refractivity contribution >= 4 is 21.9 Å². The van der Waals surface area contributed by atoms with Crippen LogP contribution in [0.1, 0.15) is 18.6 Å². The highest BCUT2D eigenvalue weighted by molar-refractivity contribution is 9.10. The van der Waals surface area contributed by atoms with Crippen molar-refractivity contribution in [2.24, 2.45) is 0 Å². The molecule has 0 aromatic heterocycles. The van der Waals surface area contributed by atoms with Gasteiger partial charge in [-0.2, -0.15) is 0 Å². The summed E-state index contributed by atoms with van der Waals surface area (Å²) in [5.41, 5.74) is 0.337. The smallest absolute Gasteiger partial charge is 0.343 e. The van der Waals surface area contributed by atoms with Crippen molar-refractivity contribution in [3.8, 4) is 0 Å². The highest BCUT2D eigenvalue weighted by Crippen LogP contribution is 2.22. The molecule has 2 atom stereocenters. The molecule has 1 aromatic carbocycles. The number of halogens is 2. The molecule has 3 nitrogen and oxygen atoms in total. The molecule has 0 saturated heterocycles. The first-order valence-electron chi connectivity index (χ1n) is 4.80. The molecule has 0 bridgehead atoms. The van der Waals surface area contributed by atoms with E-state index in [0.29, 0.717) is 5.56 Å². The number of aliphatic hydroxyl groups is 1. The van der Waals surface area contributed by atoms with Gasteiger partial charge in [0.2, 0.25) is 6.17 Å². The fourth-order valence-electron chi connectivity index (χ4n) is 1.18. The number of benzene rings is 1. The summed E-state index contributed by atoms with van der Waals surface area (Å²) in [6.07, 6.45) is -3.55. The van der Waals surface area contributed by atoms with Crippen LogP contribution in [0, 0.1) is 0 Å². The molecule has 88 valence electrons. The van der Waals surface area contributed by atoms with Crippen molar-refractivity contribution < 1.29 is 19.0 Å². The second-order valence-corrected chi connectivity index (χ2v) is 4.07. The minimum atomic E-state index is -2.05. The summed E-state index contributed by atoms with van der Waals surface area (Å²) in [6.45, 7) is 1.67. The second-order valence-electron chi connectivity index (χ2n) is 3.15. The average Bonchev–Trinajstić information content (AvgIpc) is 2.28. The van der Waals surface area contributed by atoms with E-state index in [1.807, 2.05) is 0 Å². The Balaban J connectivity index is 2.73. The van der Waals surface area contributed by atoms with E-state index >= 15 is 0 Å². The van der Waals surface area contributed by atoms with Crippen molar-refractivity contribution in [3.05, 3.63) is 34.3 Å². The Hall–Kier alpha value is -0.940. The zero-order chi connectivity index (χ0) is 12.1. The van der Waals surface area contributed by atoms with Gasteiger partial charge >= 0.3 is 5.97 Å². The molecule has 2 unspecified atom stereocenters. The van der Waals surface area contributed by atoms with Crippen molar-refractivity contribution in [3.63, 3.8) is 0 Å². The Morgan fingerprint density at radius 1 is 1.50 bits per heavy atom. The lowest BCUT2D eigenvalue weighted by molar-refractivity contribution is -0.153. The van der Waals surface area contributed by atoms with E-state index in [9.17, 15) is 14.3 Å². The number of carbonyl (C=O) groups is 1. The van der Waals surface area contributed by atoms with Gasteiger partial charge in [0.25, 0.3) is 0 Å². The van der Waals surface area contributed by atoms with Crippen molar-refractivity contribution in [2.75, 3.05) is 6.61 Å². The molecule has 0 amide bonds. The molecule has 1 aromatic rings. The first kappa shape index (κ1) is 13.1. The Labute approximate surface area is 101 Å². The van der Waals surface area contributed by atoms with Crippen molar-refractivity contribution in [2.45, 2.75) is 19.2 Å². The van der Waals surface area contributed by atoms with Crippen LogP contribution < -0.4 is 0 Å². The van der Waals surface area contributed by atoms with Crippen molar-refractivity contribution in [1.29, 1.82) is 0 Å². The van der Waals surface area contributed by atoms with E-state index in [1.54, 1.807) is 31.2 Å². The van der Waals surface area contributed by atoms with Crippen LogP contribution >= 0.6 is 15.9 Å². The number of alkyl halides is 1. The van der Waals surface area contributed by atoms with E-state index in [0.717, 1.165) is 4.47 Å². The summed E-state index contributed by atoms with van der Waals surface area (Å²) in [4.78, 5) is 11.1. The number of rotatable bonds is 4. The molecule has 5 heteroatoms. The van der Waals surface area contributed by atoms with Gasteiger partial charge in [-0.3, -0.25) is 0 Å². The topological polar surface area (TPSA) is 46.5 Å². The summed E-state index contributed by atoms with van der Waals surface area (Å²) in [7, 11) is 0. The van der Waals surface area contributed by atoms with Crippen LogP contribution in [-0.2, 0) is 9.53 Å². The third kappa shape index (κ3) is 3.28. The van der Waals surface area contributed by atoms with Gasteiger partial charge in [-0.25, -0.2) is 9.18 Å². The van der Waals surface area contributed by atoms with E-state index in [2.05, 4.69) is 20.7 Å². The lowest BCUT2D eigenvalue weighted by atomic mass is 10.1. The molecule has 0 aliphatic heterocycles. The SMILES string of the molecule is CCOC(=O)C(F)C(O)c1ccc(Br)cc1. The fourth-order valence-corrected chi connectivity index (χ4v) is 1.44. The van der Waals surface area contributed by atoms with Crippen LogP contribution in [0.5, 0.6) is 0 Å². The minimum Gasteiger partial charge on any atom is -0.464 e. The van der Waals surface area contributed by atoms with Crippen LogP contribution in [-0.4, -0.2) is 23.9 Å². The van der Waals surface area contributed by atoms with Crippen LogP contribution in [0.15, 0.2) is 28.7 Å². The predicted molar refractivity (Wildman–Crippen MR) is 60.6 cm³/mol. The van der Waals surface area contributed by atoms with Gasteiger partial charge in [0.05, 0.1) is 6.61 Å². The van der Waals surface area contributed by atoms with Gasteiger partial charge in [0.1, 0.15) is 6.10 Å². The molecule has 0 heterocycles. The van der Waals surface area contributed by atoms with Gasteiger partial charge < -0.3 is 9.84 Å². The summed E-state index contributed by atoms with van der Waals surface area (Å²) < 4.78 is 18.7. The van der Waals surface area contributed by atoms with E-state index in [1.165, 1.54) is 0 Å². The van der Waals surface area contributed by atoms with Crippen LogP contribution in [0.3, 0.4) is 0 Å². The molecular weight excluding hydrogens is 279 g/mol. The third-order valence-electron chi connectivity index (χ3n) is 2.00. The molecule has 0 aliphatic rings. The Kier molecular flexibility index (Phi) is 4.89. The number of hydrogen-bond donors (Lipinski definition) is 1. The third-order valence-corrected chi connectivity index (χ3v) is 2.53. The van der Waals surface area contributed by atoms with Gasteiger partial charge in [-0.1, -0.05) is 28.1 Å². The zero-order valence-corrected chi connectivity index (χ0v) is 10.3. The van der Waals surface area contributed by atoms with Gasteiger partial charge in [-0.05, 0) is 24.6 Å². The highest BCUT2D eigenvalue weighted by Gasteiger charge is 2.28. The molecule has 0 aliphatic carbocycles. The second kappa shape index (κ2) is 5.96. The molecule has 0 radical (unpaired) electrons. The van der Waals surface area contributed by atoms with Gasteiger partial charge in [0, 0.05) is 4.47 Å². The maximum absolute atomic E-state index is 13.4. The van der Waals surface area contributed by atoms with Gasteiger partial charge in [0.15, 0.2) is 0 Å². The lowest BCUT2D eigenvalue weighted by Gasteiger charge is -2.14. The Bertz CT molecular complexity index is 353. The number of ether oxygens (including phenoxy) is 1. The van der Waals surface area contributed by atoms with Crippen molar-refractivity contribution in [1.82, 2.24) is 0 Å². The predicted octanol–water partition coefficient (Wildman–Crippen LogP) is 2.38. The monoisotopic (exact) mass is 290 g/mol. The van der Waals surface area contributed by atoms with Gasteiger partial charge in [-0.15, -0.1) is 0 Å². The molecule has 0 spiro atoms. The van der Waals surface area contributed by atoms with Crippen LogP contribution in [0.2, 0.25) is 0 Å². The molecule has 0 fully saturated rings. The fraction of sp³-hybridized carbons (Fsp3) is 0.364. The van der Waals surface area contributed by atoms with Crippen LogP contribution in [0.25, 0.3) is 0 Å². The summed E-state index contributed by atoms with van der Waals surface area (Å²) in [6, 6.07) is 6.41. The molecule has 16 heavy (non-hydrogen) atoms. The first-order valence-corrected chi connectivity index (χ1v) is 5.59. The highest BCUT2D eigenvalue weighted by atomic mass is 79.9. The maximum Gasteiger partial charge on any atom is 0.343 e. The molecule has 1 rings (SSSR count). The lowest BCUT2D eigenvalue weighted by Crippen LogP contribution is -2.26. The number of carbonyl (C=O) groups excluding carboxylic acids is 1. The quantitative estimate of drug-likeness (QED) is 0.866. The van der Waals surface area contributed by atoms with Crippen LogP contribution in [0.4, 0.5) is 4.39 Å². The Morgan fingerprint density at radius 3 is 2.56 bits per heavy atom. The zero-order valence-electron chi connectivity index (χ0n) is 8.69. The minimum absolute atomic E-state index is 0.0896. The van der Waals surface area contributed by atoms with E-state index in [4.69, 9.17) is 0 Å². The normalized spacial score (nSPS) is 14.2. The first-order chi connectivity index (χ1) is 7.56. The Morgan fingerprint density at radius 2 is 2.06 bits per heavy atom. The number of esters is 1. The molecule has 0 saturated carbocycles. The summed E-state index contributed by atoms with van der Waals surface area (Å²) in [5, 5.41) is 9.59.